The Balaban J connectivity index is 2.23. The molecule has 1 aliphatic heterocycles. The van der Waals surface area contributed by atoms with E-state index in [-0.39, 0.29) is 12.6 Å². The van der Waals surface area contributed by atoms with Crippen molar-refractivity contribution < 1.29 is 10.2 Å². The molecule has 1 aromatic carbocycles. The molecule has 124 valence electrons. The van der Waals surface area contributed by atoms with Crippen LogP contribution in [0.3, 0.4) is 0 Å². The Kier molecular flexibility index (Phi) is 6.49. The number of phenolic OH excluding ortho intramolecular Hbond substituents is 1. The van der Waals surface area contributed by atoms with Gasteiger partial charge in [0.2, 0.25) is 0 Å². The predicted octanol–water partition coefficient (Wildman–Crippen LogP) is 1.57. The first-order valence-corrected chi connectivity index (χ1v) is 8.34. The SMILES string of the molecule is CCN(CC)c1ccc([C@H](CCO)N2CCNCC2)c(O)c1. The Morgan fingerprint density at radius 2 is 1.91 bits per heavy atom. The Labute approximate surface area is 133 Å². The summed E-state index contributed by atoms with van der Waals surface area (Å²) in [4.78, 5) is 4.56. The highest BCUT2D eigenvalue weighted by Crippen LogP contribution is 2.34. The maximum absolute atomic E-state index is 10.5. The van der Waals surface area contributed by atoms with Crippen LogP contribution in [-0.4, -0.2) is 61.0 Å². The molecule has 0 spiro atoms. The summed E-state index contributed by atoms with van der Waals surface area (Å²) in [5, 5.41) is 23.3. The molecule has 5 heteroatoms. The van der Waals surface area contributed by atoms with Crippen LogP contribution in [-0.2, 0) is 0 Å². The number of rotatable bonds is 7. The van der Waals surface area contributed by atoms with Crippen molar-refractivity contribution in [1.82, 2.24) is 10.2 Å². The molecule has 0 radical (unpaired) electrons. The zero-order valence-electron chi connectivity index (χ0n) is 13.8. The third kappa shape index (κ3) is 3.91. The smallest absolute Gasteiger partial charge is 0.122 e. The van der Waals surface area contributed by atoms with Crippen molar-refractivity contribution in [2.24, 2.45) is 0 Å². The van der Waals surface area contributed by atoms with E-state index in [1.54, 1.807) is 0 Å². The first-order valence-electron chi connectivity index (χ1n) is 8.34. The number of phenols is 1. The normalized spacial score (nSPS) is 17.4. The summed E-state index contributed by atoms with van der Waals surface area (Å²) in [5.41, 5.74) is 1.97. The van der Waals surface area contributed by atoms with Crippen LogP contribution in [0.4, 0.5) is 5.69 Å². The van der Waals surface area contributed by atoms with Crippen molar-refractivity contribution >= 4 is 5.69 Å². The van der Waals surface area contributed by atoms with E-state index in [1.165, 1.54) is 0 Å². The fraction of sp³-hybridized carbons (Fsp3) is 0.647. The van der Waals surface area contributed by atoms with E-state index in [2.05, 4.69) is 35.0 Å². The summed E-state index contributed by atoms with van der Waals surface area (Å²) < 4.78 is 0. The number of aliphatic hydroxyl groups is 1. The van der Waals surface area contributed by atoms with Gasteiger partial charge in [-0.3, -0.25) is 4.90 Å². The molecule has 5 nitrogen and oxygen atoms in total. The lowest BCUT2D eigenvalue weighted by Gasteiger charge is -2.35. The van der Waals surface area contributed by atoms with Gasteiger partial charge in [0.1, 0.15) is 5.75 Å². The number of aromatic hydroxyl groups is 1. The minimum Gasteiger partial charge on any atom is -0.508 e. The van der Waals surface area contributed by atoms with E-state index in [0.717, 1.165) is 50.5 Å². The topological polar surface area (TPSA) is 59.0 Å². The molecule has 1 heterocycles. The van der Waals surface area contributed by atoms with Gasteiger partial charge in [-0.25, -0.2) is 0 Å². The summed E-state index contributed by atoms with van der Waals surface area (Å²) in [5.74, 6) is 0.335. The van der Waals surface area contributed by atoms with Gasteiger partial charge in [-0.05, 0) is 26.3 Å². The van der Waals surface area contributed by atoms with Gasteiger partial charge in [-0.2, -0.15) is 0 Å². The highest BCUT2D eigenvalue weighted by Gasteiger charge is 2.24. The van der Waals surface area contributed by atoms with Gasteiger partial charge in [0, 0.05) is 69.2 Å². The summed E-state index contributed by atoms with van der Waals surface area (Å²) in [6.07, 6.45) is 0.651. The minimum atomic E-state index is 0.0813. The number of hydrogen-bond donors (Lipinski definition) is 3. The Morgan fingerprint density at radius 3 is 2.45 bits per heavy atom. The fourth-order valence-corrected chi connectivity index (χ4v) is 3.25. The highest BCUT2D eigenvalue weighted by atomic mass is 16.3. The van der Waals surface area contributed by atoms with Gasteiger partial charge in [-0.15, -0.1) is 0 Å². The summed E-state index contributed by atoms with van der Waals surface area (Å²) in [7, 11) is 0. The van der Waals surface area contributed by atoms with Crippen LogP contribution in [0, 0.1) is 0 Å². The number of anilines is 1. The average molecular weight is 307 g/mol. The molecule has 1 atom stereocenters. The summed E-state index contributed by atoms with van der Waals surface area (Å²) in [6.45, 7) is 10.0. The van der Waals surface area contributed by atoms with Crippen LogP contribution < -0.4 is 10.2 Å². The molecule has 1 aromatic rings. The van der Waals surface area contributed by atoms with Crippen LogP contribution in [0.1, 0.15) is 31.9 Å². The summed E-state index contributed by atoms with van der Waals surface area (Å²) in [6, 6.07) is 6.03. The van der Waals surface area contributed by atoms with Crippen molar-refractivity contribution in [3.63, 3.8) is 0 Å². The third-order valence-corrected chi connectivity index (χ3v) is 4.50. The van der Waals surface area contributed by atoms with Gasteiger partial charge in [-0.1, -0.05) is 6.07 Å². The van der Waals surface area contributed by atoms with Crippen LogP contribution in [0.25, 0.3) is 0 Å². The standard InChI is InChI=1S/C17H29N3O2/c1-3-19(4-2)14-5-6-15(17(22)13-14)16(7-12-21)20-10-8-18-9-11-20/h5-6,13,16,18,21-22H,3-4,7-12H2,1-2H3/t16-/m0/s1. The molecule has 22 heavy (non-hydrogen) atoms. The molecule has 0 aromatic heterocycles. The van der Waals surface area contributed by atoms with Gasteiger partial charge in [0.25, 0.3) is 0 Å². The number of benzene rings is 1. The summed E-state index contributed by atoms with van der Waals surface area (Å²) >= 11 is 0. The monoisotopic (exact) mass is 307 g/mol. The maximum Gasteiger partial charge on any atom is 0.122 e. The molecule has 0 saturated carbocycles. The molecule has 1 saturated heterocycles. The van der Waals surface area contributed by atoms with Gasteiger partial charge in [0.05, 0.1) is 0 Å². The molecule has 3 N–H and O–H groups in total. The Bertz CT molecular complexity index is 457. The largest absolute Gasteiger partial charge is 0.508 e. The fourth-order valence-electron chi connectivity index (χ4n) is 3.25. The van der Waals surface area contributed by atoms with Gasteiger partial charge < -0.3 is 20.4 Å². The third-order valence-electron chi connectivity index (χ3n) is 4.50. The molecule has 0 bridgehead atoms. The second-order valence-electron chi connectivity index (χ2n) is 5.73. The second kappa shape index (κ2) is 8.36. The molecular weight excluding hydrogens is 278 g/mol. The van der Waals surface area contributed by atoms with Crippen molar-refractivity contribution in [1.29, 1.82) is 0 Å². The lowest BCUT2D eigenvalue weighted by Crippen LogP contribution is -2.45. The maximum atomic E-state index is 10.5. The van der Waals surface area contributed by atoms with E-state index < -0.39 is 0 Å². The number of piperazine rings is 1. The highest BCUT2D eigenvalue weighted by molar-refractivity contribution is 5.54. The van der Waals surface area contributed by atoms with Crippen LogP contribution in [0.2, 0.25) is 0 Å². The van der Waals surface area contributed by atoms with Crippen molar-refractivity contribution in [3.05, 3.63) is 23.8 Å². The zero-order valence-corrected chi connectivity index (χ0v) is 13.8. The molecule has 1 aliphatic rings. The van der Waals surface area contributed by atoms with Crippen molar-refractivity contribution in [2.45, 2.75) is 26.3 Å². The van der Waals surface area contributed by atoms with Crippen LogP contribution in [0.15, 0.2) is 18.2 Å². The van der Waals surface area contributed by atoms with Crippen LogP contribution in [0.5, 0.6) is 5.75 Å². The van der Waals surface area contributed by atoms with E-state index >= 15 is 0 Å². The molecule has 0 unspecified atom stereocenters. The Morgan fingerprint density at radius 1 is 1.23 bits per heavy atom. The van der Waals surface area contributed by atoms with E-state index in [9.17, 15) is 10.2 Å². The number of nitrogens with zero attached hydrogens (tertiary/aromatic N) is 2. The van der Waals surface area contributed by atoms with Gasteiger partial charge >= 0.3 is 0 Å². The quantitative estimate of drug-likeness (QED) is 0.714. The average Bonchev–Trinajstić information content (AvgIpc) is 2.55. The van der Waals surface area contributed by atoms with Gasteiger partial charge in [0.15, 0.2) is 0 Å². The first-order chi connectivity index (χ1) is 10.7. The number of nitrogens with one attached hydrogen (secondary N) is 1. The molecular formula is C17H29N3O2. The van der Waals surface area contributed by atoms with E-state index in [1.807, 2.05) is 12.1 Å². The molecule has 2 rings (SSSR count). The van der Waals surface area contributed by atoms with E-state index in [0.29, 0.717) is 12.2 Å². The second-order valence-corrected chi connectivity index (χ2v) is 5.73. The van der Waals surface area contributed by atoms with Crippen molar-refractivity contribution in [2.75, 3.05) is 50.8 Å². The molecule has 0 aliphatic carbocycles. The lowest BCUT2D eigenvalue weighted by molar-refractivity contribution is 0.139. The minimum absolute atomic E-state index is 0.0813. The van der Waals surface area contributed by atoms with Crippen molar-refractivity contribution in [3.8, 4) is 5.75 Å². The lowest BCUT2D eigenvalue weighted by atomic mass is 9.99. The predicted molar refractivity (Wildman–Crippen MR) is 90.6 cm³/mol. The van der Waals surface area contributed by atoms with E-state index in [4.69, 9.17) is 0 Å². The molecule has 0 amide bonds. The first kappa shape index (κ1) is 17.1. The number of hydrogen-bond acceptors (Lipinski definition) is 5. The van der Waals surface area contributed by atoms with Crippen LogP contribution >= 0.6 is 0 Å². The molecule has 1 fully saturated rings. The Hall–Kier alpha value is -1.30. The zero-order chi connectivity index (χ0) is 15.9. The number of aliphatic hydroxyl groups excluding tert-OH is 1.